The van der Waals surface area contributed by atoms with Gasteiger partial charge in [0.05, 0.1) is 18.2 Å². The largest absolute Gasteiger partial charge is 0.508 e. The van der Waals surface area contributed by atoms with Gasteiger partial charge in [-0.2, -0.15) is 13.2 Å². The number of nitrogens with one attached hydrogen (secondary N) is 3. The Balaban J connectivity index is 1.15. The van der Waals surface area contributed by atoms with E-state index in [0.717, 1.165) is 51.8 Å². The van der Waals surface area contributed by atoms with Gasteiger partial charge in [0.1, 0.15) is 5.75 Å². The first-order valence-electron chi connectivity index (χ1n) is 15.8. The normalized spacial score (nSPS) is 15.2. The van der Waals surface area contributed by atoms with Crippen molar-refractivity contribution in [1.82, 2.24) is 25.1 Å². The second-order valence-electron chi connectivity index (χ2n) is 12.4. The molecule has 11 heteroatoms. The van der Waals surface area contributed by atoms with Crippen LogP contribution in [0.5, 0.6) is 5.75 Å². The number of H-pyrrole nitrogens is 2. The summed E-state index contributed by atoms with van der Waals surface area (Å²) >= 11 is 0. The fourth-order valence-electron chi connectivity index (χ4n) is 6.78. The lowest BCUT2D eigenvalue weighted by atomic mass is 9.89. The van der Waals surface area contributed by atoms with Crippen molar-refractivity contribution in [2.24, 2.45) is 0 Å². The van der Waals surface area contributed by atoms with Crippen molar-refractivity contribution < 1.29 is 27.9 Å². The maximum Gasteiger partial charge on any atom is 0.416 e. The SMILES string of the molecule is CC(=O)N(Cc1ccccc1C(F)(F)F)C[C@@H](Cc1c[nH]c2ccccc12)NC(=O)CN1CCC(c2c[nH]c3ccc(O)cc23)CC1. The summed E-state index contributed by atoms with van der Waals surface area (Å²) in [5, 5.41) is 15.1. The van der Waals surface area contributed by atoms with Crippen LogP contribution in [0.1, 0.15) is 47.9 Å². The minimum absolute atomic E-state index is 0.000607. The number of piperidine rings is 1. The van der Waals surface area contributed by atoms with E-state index in [-0.39, 0.29) is 42.8 Å². The van der Waals surface area contributed by atoms with Crippen LogP contribution in [0.3, 0.4) is 0 Å². The van der Waals surface area contributed by atoms with Gasteiger partial charge in [0.25, 0.3) is 0 Å². The number of carbonyl (C=O) groups excluding carboxylic acids is 2. The monoisotopic (exact) mass is 645 g/mol. The zero-order valence-electron chi connectivity index (χ0n) is 26.1. The van der Waals surface area contributed by atoms with Crippen LogP contribution in [0.2, 0.25) is 0 Å². The number of amides is 2. The van der Waals surface area contributed by atoms with E-state index in [4.69, 9.17) is 0 Å². The van der Waals surface area contributed by atoms with Crippen molar-refractivity contribution in [2.45, 2.75) is 50.9 Å². The number of phenols is 1. The second-order valence-corrected chi connectivity index (χ2v) is 12.4. The number of carbonyl (C=O) groups is 2. The lowest BCUT2D eigenvalue weighted by Crippen LogP contribution is -2.49. The van der Waals surface area contributed by atoms with Crippen molar-refractivity contribution in [3.63, 3.8) is 0 Å². The molecule has 3 heterocycles. The van der Waals surface area contributed by atoms with Gasteiger partial charge in [0, 0.05) is 54.2 Å². The van der Waals surface area contributed by atoms with Crippen molar-refractivity contribution in [1.29, 1.82) is 0 Å². The van der Waals surface area contributed by atoms with Crippen LogP contribution in [-0.4, -0.2) is 68.9 Å². The Kier molecular flexibility index (Phi) is 9.26. The minimum Gasteiger partial charge on any atom is -0.508 e. The summed E-state index contributed by atoms with van der Waals surface area (Å²) in [7, 11) is 0. The number of nitrogens with zero attached hydrogens (tertiary/aromatic N) is 2. The lowest BCUT2D eigenvalue weighted by molar-refractivity contribution is -0.139. The predicted molar refractivity (Wildman–Crippen MR) is 175 cm³/mol. The van der Waals surface area contributed by atoms with Crippen LogP contribution in [0.15, 0.2) is 79.1 Å². The molecule has 1 aliphatic heterocycles. The van der Waals surface area contributed by atoms with Crippen molar-refractivity contribution in [2.75, 3.05) is 26.2 Å². The Morgan fingerprint density at radius 3 is 2.43 bits per heavy atom. The number of rotatable bonds is 10. The molecule has 0 bridgehead atoms. The van der Waals surface area contributed by atoms with Gasteiger partial charge in [0.15, 0.2) is 0 Å². The first-order valence-corrected chi connectivity index (χ1v) is 15.8. The third-order valence-corrected chi connectivity index (χ3v) is 9.17. The number of halogens is 3. The second kappa shape index (κ2) is 13.5. The number of phenolic OH excluding ortho intramolecular Hbond substituents is 1. The van der Waals surface area contributed by atoms with Crippen molar-refractivity contribution in [3.8, 4) is 5.75 Å². The molecule has 0 saturated carbocycles. The van der Waals surface area contributed by atoms with Crippen LogP contribution >= 0.6 is 0 Å². The standard InChI is InChI=1S/C36H38F3N5O3/c1-23(45)44(20-25-6-2-4-8-32(25)36(37,38)39)21-27(16-26-18-40-33-9-5-3-7-29(26)33)42-35(47)22-43-14-12-24(13-15-43)31-19-41-34-11-10-28(46)17-30(31)34/h2-11,17-19,24,27,40-41,46H,12-16,20-22H2,1H3,(H,42,47)/t27-/m1/s1. The Bertz CT molecular complexity index is 1870. The summed E-state index contributed by atoms with van der Waals surface area (Å²) in [5.74, 6) is -0.0666. The number of fused-ring (bicyclic) bond motifs is 2. The summed E-state index contributed by atoms with van der Waals surface area (Å²) in [5.41, 5.74) is 3.23. The zero-order valence-corrected chi connectivity index (χ0v) is 26.1. The fourth-order valence-corrected chi connectivity index (χ4v) is 6.78. The molecular weight excluding hydrogens is 607 g/mol. The van der Waals surface area contributed by atoms with E-state index in [1.54, 1.807) is 12.1 Å². The van der Waals surface area contributed by atoms with E-state index < -0.39 is 17.8 Å². The van der Waals surface area contributed by atoms with Gasteiger partial charge in [0.2, 0.25) is 11.8 Å². The van der Waals surface area contributed by atoms with Gasteiger partial charge in [-0.15, -0.1) is 0 Å². The molecule has 8 nitrogen and oxygen atoms in total. The zero-order chi connectivity index (χ0) is 33.1. The highest BCUT2D eigenvalue weighted by atomic mass is 19.4. The number of likely N-dealkylation sites (tertiary alicyclic amines) is 1. The average Bonchev–Trinajstić information content (AvgIpc) is 3.64. The average molecular weight is 646 g/mol. The number of hydrogen-bond donors (Lipinski definition) is 4. The molecule has 2 aromatic heterocycles. The van der Waals surface area contributed by atoms with Crippen LogP contribution in [0, 0.1) is 0 Å². The van der Waals surface area contributed by atoms with E-state index in [2.05, 4.69) is 20.2 Å². The van der Waals surface area contributed by atoms with Crippen LogP contribution < -0.4 is 5.32 Å². The van der Waals surface area contributed by atoms with Gasteiger partial charge in [-0.3, -0.25) is 14.5 Å². The topological polar surface area (TPSA) is 104 Å². The molecule has 6 rings (SSSR count). The summed E-state index contributed by atoms with van der Waals surface area (Å²) < 4.78 is 41.3. The Hall–Kier alpha value is -4.77. The minimum atomic E-state index is -4.56. The molecule has 0 spiro atoms. The van der Waals surface area contributed by atoms with E-state index in [0.29, 0.717) is 25.4 Å². The number of benzene rings is 3. The van der Waals surface area contributed by atoms with Crippen LogP contribution in [0.4, 0.5) is 13.2 Å². The lowest BCUT2D eigenvalue weighted by Gasteiger charge is -2.32. The van der Waals surface area contributed by atoms with Crippen molar-refractivity contribution in [3.05, 3.63) is 101 Å². The Labute approximate surface area is 270 Å². The Morgan fingerprint density at radius 1 is 0.957 bits per heavy atom. The smallest absolute Gasteiger partial charge is 0.416 e. The van der Waals surface area contributed by atoms with E-state index in [9.17, 15) is 27.9 Å². The predicted octanol–water partition coefficient (Wildman–Crippen LogP) is 6.33. The van der Waals surface area contributed by atoms with Gasteiger partial charge < -0.3 is 25.3 Å². The summed E-state index contributed by atoms with van der Waals surface area (Å²) in [6.45, 7) is 2.74. The molecule has 0 unspecified atom stereocenters. The van der Waals surface area contributed by atoms with E-state index in [1.165, 1.54) is 30.0 Å². The molecule has 5 aromatic rings. The molecule has 1 saturated heterocycles. The van der Waals surface area contributed by atoms with Gasteiger partial charge in [-0.25, -0.2) is 0 Å². The molecule has 3 aromatic carbocycles. The third-order valence-electron chi connectivity index (χ3n) is 9.17. The maximum atomic E-state index is 13.8. The first kappa shape index (κ1) is 32.2. The van der Waals surface area contributed by atoms with Gasteiger partial charge in [-0.1, -0.05) is 36.4 Å². The molecule has 4 N–H and O–H groups in total. The quantitative estimate of drug-likeness (QED) is 0.143. The van der Waals surface area contributed by atoms with Crippen molar-refractivity contribution >= 4 is 33.6 Å². The van der Waals surface area contributed by atoms with Crippen LogP contribution in [0.25, 0.3) is 21.8 Å². The molecule has 1 atom stereocenters. The number of hydrogen-bond acceptors (Lipinski definition) is 4. The van der Waals surface area contributed by atoms with Crippen LogP contribution in [-0.2, 0) is 28.7 Å². The molecule has 0 aliphatic carbocycles. The highest BCUT2D eigenvalue weighted by Gasteiger charge is 2.34. The van der Waals surface area contributed by atoms with E-state index in [1.807, 2.05) is 42.7 Å². The van der Waals surface area contributed by atoms with Gasteiger partial charge >= 0.3 is 6.18 Å². The number of alkyl halides is 3. The maximum absolute atomic E-state index is 13.8. The molecule has 0 radical (unpaired) electrons. The number of para-hydroxylation sites is 1. The summed E-state index contributed by atoms with van der Waals surface area (Å²) in [4.78, 5) is 36.3. The number of aromatic nitrogens is 2. The molecule has 246 valence electrons. The number of aromatic amines is 2. The fraction of sp³-hybridized carbons (Fsp3) is 0.333. The van der Waals surface area contributed by atoms with Gasteiger partial charge in [-0.05, 0) is 85.3 Å². The highest BCUT2D eigenvalue weighted by Crippen LogP contribution is 2.35. The molecule has 2 amide bonds. The molecule has 47 heavy (non-hydrogen) atoms. The number of aromatic hydroxyl groups is 1. The molecule has 1 aliphatic rings. The summed E-state index contributed by atoms with van der Waals surface area (Å²) in [6.07, 6.45) is 1.41. The Morgan fingerprint density at radius 2 is 1.66 bits per heavy atom. The summed E-state index contributed by atoms with van der Waals surface area (Å²) in [6, 6.07) is 17.8. The van der Waals surface area contributed by atoms with E-state index >= 15 is 0 Å². The highest BCUT2D eigenvalue weighted by molar-refractivity contribution is 5.85. The first-order chi connectivity index (χ1) is 22.5. The molecule has 1 fully saturated rings. The third kappa shape index (κ3) is 7.46. The molecular formula is C36H38F3N5O3.